The molecule has 0 aliphatic rings. The molecule has 0 radical (unpaired) electrons. The van der Waals surface area contributed by atoms with E-state index in [0.717, 1.165) is 0 Å². The normalized spacial score (nSPS) is 13.7. The average Bonchev–Trinajstić information content (AvgIpc) is 2.39. The van der Waals surface area contributed by atoms with Crippen molar-refractivity contribution < 1.29 is 14.6 Å². The van der Waals surface area contributed by atoms with Crippen LogP contribution in [0.25, 0.3) is 0 Å². The number of carbonyl (C=O) groups is 1. The van der Waals surface area contributed by atoms with Gasteiger partial charge in [-0.2, -0.15) is 0 Å². The average molecular weight is 266 g/mol. The summed E-state index contributed by atoms with van der Waals surface area (Å²) in [6.07, 6.45) is 0.617. The summed E-state index contributed by atoms with van der Waals surface area (Å²) in [5, 5.41) is 12.1. The molecule has 1 atom stereocenters. The van der Waals surface area contributed by atoms with E-state index >= 15 is 0 Å². The van der Waals surface area contributed by atoms with E-state index in [2.05, 4.69) is 5.32 Å². The van der Waals surface area contributed by atoms with Crippen LogP contribution in [-0.2, 0) is 0 Å². The van der Waals surface area contributed by atoms with Gasteiger partial charge in [-0.25, -0.2) is 0 Å². The van der Waals surface area contributed by atoms with Crippen molar-refractivity contribution in [2.24, 2.45) is 0 Å². The molecule has 0 saturated heterocycles. The maximum absolute atomic E-state index is 12.3. The number of amides is 1. The molecule has 0 fully saturated rings. The van der Waals surface area contributed by atoms with Crippen LogP contribution in [0.1, 0.15) is 37.6 Å². The Kier molecular flexibility index (Phi) is 5.18. The molecule has 0 aliphatic heterocycles. The lowest BCUT2D eigenvalue weighted by Crippen LogP contribution is -2.48. The third kappa shape index (κ3) is 3.61. The number of hydrogen-bond donors (Lipinski definition) is 3. The number of nitrogens with one attached hydrogen (secondary N) is 1. The molecular formula is C14H22N2O3. The first-order chi connectivity index (χ1) is 8.97. The predicted octanol–water partition coefficient (Wildman–Crippen LogP) is 1.56. The molecule has 4 N–H and O–H groups in total. The predicted molar refractivity (Wildman–Crippen MR) is 75.3 cm³/mol. The van der Waals surface area contributed by atoms with Crippen molar-refractivity contribution in [3.05, 3.63) is 23.8 Å². The van der Waals surface area contributed by atoms with Gasteiger partial charge in [-0.05, 0) is 32.4 Å². The lowest BCUT2D eigenvalue weighted by atomic mass is 9.99. The minimum absolute atomic E-state index is 0.133. The fraction of sp³-hybridized carbons (Fsp3) is 0.500. The lowest BCUT2D eigenvalue weighted by molar-refractivity contribution is 0.0844. The standard InChI is InChI=1S/C14H22N2O3/c1-4-14(3,9-17)16-13(18)12-10(15)7-6-8-11(12)19-5-2/h6-8,17H,4-5,9,15H2,1-3H3,(H,16,18). The number of hydrogen-bond acceptors (Lipinski definition) is 4. The Hall–Kier alpha value is -1.75. The smallest absolute Gasteiger partial charge is 0.257 e. The highest BCUT2D eigenvalue weighted by Gasteiger charge is 2.26. The molecule has 0 heterocycles. The van der Waals surface area contributed by atoms with Crippen molar-refractivity contribution in [1.82, 2.24) is 5.32 Å². The minimum atomic E-state index is -0.664. The van der Waals surface area contributed by atoms with E-state index in [-0.39, 0.29) is 12.5 Å². The number of ether oxygens (including phenoxy) is 1. The van der Waals surface area contributed by atoms with Crippen LogP contribution >= 0.6 is 0 Å². The molecule has 0 saturated carbocycles. The number of nitrogens with two attached hydrogens (primary N) is 1. The summed E-state index contributed by atoms with van der Waals surface area (Å²) in [7, 11) is 0. The summed E-state index contributed by atoms with van der Waals surface area (Å²) in [5.74, 6) is 0.122. The van der Waals surface area contributed by atoms with Crippen molar-refractivity contribution in [3.8, 4) is 5.75 Å². The quantitative estimate of drug-likeness (QED) is 0.682. The molecule has 0 aromatic heterocycles. The fourth-order valence-corrected chi connectivity index (χ4v) is 1.64. The van der Waals surface area contributed by atoms with Gasteiger partial charge in [-0.1, -0.05) is 13.0 Å². The maximum Gasteiger partial charge on any atom is 0.257 e. The van der Waals surface area contributed by atoms with Gasteiger partial charge in [-0.15, -0.1) is 0 Å². The van der Waals surface area contributed by atoms with E-state index < -0.39 is 5.54 Å². The summed E-state index contributed by atoms with van der Waals surface area (Å²) in [6, 6.07) is 5.10. The maximum atomic E-state index is 12.3. The molecule has 0 aliphatic carbocycles. The van der Waals surface area contributed by atoms with E-state index in [4.69, 9.17) is 10.5 Å². The van der Waals surface area contributed by atoms with E-state index in [1.54, 1.807) is 25.1 Å². The van der Waals surface area contributed by atoms with Gasteiger partial charge in [0, 0.05) is 5.69 Å². The van der Waals surface area contributed by atoms with Gasteiger partial charge in [0.25, 0.3) is 5.91 Å². The molecule has 5 heteroatoms. The molecule has 106 valence electrons. The first-order valence-corrected chi connectivity index (χ1v) is 6.42. The van der Waals surface area contributed by atoms with Crippen LogP contribution in [0.4, 0.5) is 5.69 Å². The first kappa shape index (κ1) is 15.3. The van der Waals surface area contributed by atoms with Gasteiger partial charge >= 0.3 is 0 Å². The molecule has 1 aromatic carbocycles. The second-order valence-corrected chi connectivity index (χ2v) is 4.68. The van der Waals surface area contributed by atoms with Crippen molar-refractivity contribution in [2.75, 3.05) is 18.9 Å². The first-order valence-electron chi connectivity index (χ1n) is 6.42. The Labute approximate surface area is 113 Å². The van der Waals surface area contributed by atoms with Crippen LogP contribution < -0.4 is 15.8 Å². The third-order valence-corrected chi connectivity index (χ3v) is 3.13. The summed E-state index contributed by atoms with van der Waals surface area (Å²) in [6.45, 7) is 5.84. The number of anilines is 1. The van der Waals surface area contributed by atoms with Crippen LogP contribution in [-0.4, -0.2) is 29.8 Å². The molecule has 1 unspecified atom stereocenters. The van der Waals surface area contributed by atoms with E-state index in [9.17, 15) is 9.90 Å². The monoisotopic (exact) mass is 266 g/mol. The molecule has 0 bridgehead atoms. The number of aliphatic hydroxyl groups excluding tert-OH is 1. The second kappa shape index (κ2) is 6.43. The topological polar surface area (TPSA) is 84.6 Å². The van der Waals surface area contributed by atoms with Crippen molar-refractivity contribution >= 4 is 11.6 Å². The van der Waals surface area contributed by atoms with Gasteiger partial charge in [0.2, 0.25) is 0 Å². The Balaban J connectivity index is 3.05. The van der Waals surface area contributed by atoms with Gasteiger partial charge in [0.05, 0.1) is 18.8 Å². The Morgan fingerprint density at radius 3 is 2.68 bits per heavy atom. The fourth-order valence-electron chi connectivity index (χ4n) is 1.64. The van der Waals surface area contributed by atoms with Crippen LogP contribution in [0.2, 0.25) is 0 Å². The van der Waals surface area contributed by atoms with Crippen LogP contribution in [0.5, 0.6) is 5.75 Å². The van der Waals surface area contributed by atoms with Crippen molar-refractivity contribution in [3.63, 3.8) is 0 Å². The zero-order chi connectivity index (χ0) is 14.5. The van der Waals surface area contributed by atoms with E-state index in [0.29, 0.717) is 30.0 Å². The van der Waals surface area contributed by atoms with Crippen molar-refractivity contribution in [1.29, 1.82) is 0 Å². The Morgan fingerprint density at radius 2 is 2.16 bits per heavy atom. The lowest BCUT2D eigenvalue weighted by Gasteiger charge is -2.27. The third-order valence-electron chi connectivity index (χ3n) is 3.13. The zero-order valence-corrected chi connectivity index (χ0v) is 11.7. The summed E-state index contributed by atoms with van der Waals surface area (Å²) in [4.78, 5) is 12.3. The highest BCUT2D eigenvalue weighted by atomic mass is 16.5. The second-order valence-electron chi connectivity index (χ2n) is 4.68. The molecule has 0 spiro atoms. The number of carbonyl (C=O) groups excluding carboxylic acids is 1. The highest BCUT2D eigenvalue weighted by molar-refractivity contribution is 6.02. The van der Waals surface area contributed by atoms with E-state index in [1.165, 1.54) is 0 Å². The van der Waals surface area contributed by atoms with Crippen LogP contribution in [0, 0.1) is 0 Å². The molecular weight excluding hydrogens is 244 g/mol. The number of rotatable bonds is 6. The summed E-state index contributed by atoms with van der Waals surface area (Å²) < 4.78 is 5.42. The van der Waals surface area contributed by atoms with Gasteiger partial charge < -0.3 is 20.9 Å². The van der Waals surface area contributed by atoms with Crippen LogP contribution in [0.15, 0.2) is 18.2 Å². The van der Waals surface area contributed by atoms with Gasteiger partial charge in [0.15, 0.2) is 0 Å². The summed E-state index contributed by atoms with van der Waals surface area (Å²) >= 11 is 0. The Bertz CT molecular complexity index is 442. The van der Waals surface area contributed by atoms with Gasteiger partial charge in [0.1, 0.15) is 11.3 Å². The van der Waals surface area contributed by atoms with Gasteiger partial charge in [-0.3, -0.25) is 4.79 Å². The number of benzene rings is 1. The number of aliphatic hydroxyl groups is 1. The SMILES string of the molecule is CCOc1cccc(N)c1C(=O)NC(C)(CC)CO. The minimum Gasteiger partial charge on any atom is -0.493 e. The molecule has 5 nitrogen and oxygen atoms in total. The molecule has 19 heavy (non-hydrogen) atoms. The highest BCUT2D eigenvalue weighted by Crippen LogP contribution is 2.25. The van der Waals surface area contributed by atoms with Crippen molar-refractivity contribution in [2.45, 2.75) is 32.7 Å². The van der Waals surface area contributed by atoms with E-state index in [1.807, 2.05) is 13.8 Å². The largest absolute Gasteiger partial charge is 0.493 e. The molecule has 1 amide bonds. The van der Waals surface area contributed by atoms with Crippen LogP contribution in [0.3, 0.4) is 0 Å². The molecule has 1 aromatic rings. The summed E-state index contributed by atoms with van der Waals surface area (Å²) in [5.41, 5.74) is 5.87. The number of nitrogen functional groups attached to an aromatic ring is 1. The molecule has 1 rings (SSSR count). The zero-order valence-electron chi connectivity index (χ0n) is 11.7. The Morgan fingerprint density at radius 1 is 1.47 bits per heavy atom.